The highest BCUT2D eigenvalue weighted by molar-refractivity contribution is 5.61. The molecule has 0 aliphatic carbocycles. The zero-order valence-corrected chi connectivity index (χ0v) is 9.40. The third-order valence-corrected chi connectivity index (χ3v) is 2.61. The molecule has 0 saturated heterocycles. The van der Waals surface area contributed by atoms with Crippen molar-refractivity contribution in [1.82, 2.24) is 9.97 Å². The normalized spacial score (nSPS) is 10.7. The minimum Gasteiger partial charge on any atom is -0.313 e. The molecule has 0 unspecified atom stereocenters. The van der Waals surface area contributed by atoms with Gasteiger partial charge in [-0.2, -0.15) is 0 Å². The van der Waals surface area contributed by atoms with Crippen LogP contribution in [0.4, 0.5) is 0 Å². The van der Waals surface area contributed by atoms with E-state index in [1.165, 1.54) is 11.9 Å². The average molecular weight is 214 g/mol. The van der Waals surface area contributed by atoms with Crippen LogP contribution in [0.3, 0.4) is 0 Å². The molecule has 16 heavy (non-hydrogen) atoms. The van der Waals surface area contributed by atoms with E-state index in [1.807, 2.05) is 24.3 Å². The Hall–Kier alpha value is -1.90. The van der Waals surface area contributed by atoms with E-state index in [4.69, 9.17) is 0 Å². The molecule has 0 radical (unpaired) electrons. The van der Waals surface area contributed by atoms with Gasteiger partial charge in [0.1, 0.15) is 0 Å². The number of hydrogen-bond donors (Lipinski definition) is 1. The fourth-order valence-corrected chi connectivity index (χ4v) is 1.60. The van der Waals surface area contributed by atoms with Crippen LogP contribution in [0, 0.1) is 0 Å². The molecule has 1 N–H and O–H groups in total. The Kier molecular flexibility index (Phi) is 2.86. The molecular weight excluding hydrogens is 200 g/mol. The third kappa shape index (κ3) is 2.03. The summed E-state index contributed by atoms with van der Waals surface area (Å²) in [5.41, 5.74) is 2.67. The predicted octanol–water partition coefficient (Wildman–Crippen LogP) is 2.56. The van der Waals surface area contributed by atoms with Gasteiger partial charge in [0.2, 0.25) is 0 Å². The van der Waals surface area contributed by atoms with Crippen LogP contribution in [0.5, 0.6) is 0 Å². The van der Waals surface area contributed by atoms with Crippen LogP contribution in [0.15, 0.2) is 41.6 Å². The van der Waals surface area contributed by atoms with Crippen LogP contribution in [0.1, 0.15) is 25.3 Å². The summed E-state index contributed by atoms with van der Waals surface area (Å²) in [6.07, 6.45) is 2.98. The van der Waals surface area contributed by atoms with Crippen molar-refractivity contribution in [3.05, 3.63) is 52.7 Å². The predicted molar refractivity (Wildman–Crippen MR) is 64.4 cm³/mol. The SMILES string of the molecule is CC(C)c1ccc(-c2cnc[nH]c2=O)cc1. The van der Waals surface area contributed by atoms with Crippen molar-refractivity contribution >= 4 is 0 Å². The highest BCUT2D eigenvalue weighted by atomic mass is 16.1. The van der Waals surface area contributed by atoms with Crippen LogP contribution in [0.2, 0.25) is 0 Å². The largest absolute Gasteiger partial charge is 0.313 e. The van der Waals surface area contributed by atoms with Gasteiger partial charge in [-0.25, -0.2) is 4.98 Å². The van der Waals surface area contributed by atoms with Crippen LogP contribution >= 0.6 is 0 Å². The Morgan fingerprint density at radius 2 is 1.88 bits per heavy atom. The zero-order valence-electron chi connectivity index (χ0n) is 9.40. The van der Waals surface area contributed by atoms with Gasteiger partial charge in [-0.05, 0) is 17.0 Å². The van der Waals surface area contributed by atoms with Gasteiger partial charge in [-0.3, -0.25) is 4.79 Å². The van der Waals surface area contributed by atoms with Crippen molar-refractivity contribution in [3.63, 3.8) is 0 Å². The summed E-state index contributed by atoms with van der Waals surface area (Å²) in [5.74, 6) is 0.501. The number of nitrogens with zero attached hydrogens (tertiary/aromatic N) is 1. The second kappa shape index (κ2) is 4.31. The van der Waals surface area contributed by atoms with Gasteiger partial charge in [-0.15, -0.1) is 0 Å². The number of aromatic amines is 1. The molecule has 0 atom stereocenters. The quantitative estimate of drug-likeness (QED) is 0.835. The summed E-state index contributed by atoms with van der Waals surface area (Å²) in [6.45, 7) is 4.29. The average Bonchev–Trinajstić information content (AvgIpc) is 2.30. The van der Waals surface area contributed by atoms with E-state index in [0.717, 1.165) is 5.56 Å². The van der Waals surface area contributed by atoms with Gasteiger partial charge < -0.3 is 4.98 Å². The van der Waals surface area contributed by atoms with E-state index < -0.39 is 0 Å². The number of rotatable bonds is 2. The van der Waals surface area contributed by atoms with Gasteiger partial charge >= 0.3 is 0 Å². The summed E-state index contributed by atoms with van der Waals surface area (Å²) in [5, 5.41) is 0. The molecule has 0 aliphatic heterocycles. The minimum absolute atomic E-state index is 0.104. The van der Waals surface area contributed by atoms with Gasteiger partial charge in [0.15, 0.2) is 0 Å². The second-order valence-electron chi connectivity index (χ2n) is 4.07. The Balaban J connectivity index is 2.43. The lowest BCUT2D eigenvalue weighted by molar-refractivity contribution is 0.867. The Morgan fingerprint density at radius 3 is 2.44 bits per heavy atom. The minimum atomic E-state index is -0.104. The lowest BCUT2D eigenvalue weighted by Gasteiger charge is -2.06. The van der Waals surface area contributed by atoms with Crippen molar-refractivity contribution in [2.75, 3.05) is 0 Å². The Labute approximate surface area is 94.2 Å². The molecule has 82 valence electrons. The molecule has 1 aromatic heterocycles. The molecule has 0 spiro atoms. The number of hydrogen-bond acceptors (Lipinski definition) is 2. The fourth-order valence-electron chi connectivity index (χ4n) is 1.60. The molecule has 2 aromatic rings. The number of aromatic nitrogens is 2. The maximum absolute atomic E-state index is 11.5. The lowest BCUT2D eigenvalue weighted by atomic mass is 10.00. The van der Waals surface area contributed by atoms with E-state index in [9.17, 15) is 4.79 Å². The van der Waals surface area contributed by atoms with Crippen molar-refractivity contribution in [2.24, 2.45) is 0 Å². The molecule has 3 heteroatoms. The smallest absolute Gasteiger partial charge is 0.258 e. The van der Waals surface area contributed by atoms with Gasteiger partial charge in [0.05, 0.1) is 11.9 Å². The summed E-state index contributed by atoms with van der Waals surface area (Å²) in [7, 11) is 0. The number of benzene rings is 1. The number of nitrogens with one attached hydrogen (secondary N) is 1. The second-order valence-corrected chi connectivity index (χ2v) is 4.07. The summed E-state index contributed by atoms with van der Waals surface area (Å²) in [4.78, 5) is 18.0. The lowest BCUT2D eigenvalue weighted by Crippen LogP contribution is -2.08. The molecule has 1 aromatic carbocycles. The van der Waals surface area contributed by atoms with Crippen molar-refractivity contribution in [2.45, 2.75) is 19.8 Å². The molecular formula is C13H14N2O. The van der Waals surface area contributed by atoms with Crippen molar-refractivity contribution in [3.8, 4) is 11.1 Å². The third-order valence-electron chi connectivity index (χ3n) is 2.61. The molecule has 1 heterocycles. The van der Waals surface area contributed by atoms with E-state index >= 15 is 0 Å². The van der Waals surface area contributed by atoms with Crippen molar-refractivity contribution < 1.29 is 0 Å². The first-order valence-electron chi connectivity index (χ1n) is 5.31. The van der Waals surface area contributed by atoms with Gasteiger partial charge in [0.25, 0.3) is 5.56 Å². The van der Waals surface area contributed by atoms with E-state index in [-0.39, 0.29) is 5.56 Å². The van der Waals surface area contributed by atoms with Crippen LogP contribution in [-0.2, 0) is 0 Å². The molecule has 0 saturated carbocycles. The molecule has 0 fully saturated rings. The van der Waals surface area contributed by atoms with Gasteiger partial charge in [-0.1, -0.05) is 38.1 Å². The maximum atomic E-state index is 11.5. The summed E-state index contributed by atoms with van der Waals surface area (Å²) >= 11 is 0. The summed E-state index contributed by atoms with van der Waals surface area (Å²) < 4.78 is 0. The molecule has 2 rings (SSSR count). The van der Waals surface area contributed by atoms with E-state index in [1.54, 1.807) is 6.20 Å². The standard InChI is InChI=1S/C13H14N2O/c1-9(2)10-3-5-11(6-4-10)12-7-14-8-15-13(12)16/h3-9H,1-2H3,(H,14,15,16). The van der Waals surface area contributed by atoms with Gasteiger partial charge in [0, 0.05) is 6.20 Å². The first-order chi connectivity index (χ1) is 7.68. The highest BCUT2D eigenvalue weighted by Crippen LogP contribution is 2.19. The van der Waals surface area contributed by atoms with Crippen molar-refractivity contribution in [1.29, 1.82) is 0 Å². The molecule has 0 bridgehead atoms. The Bertz CT molecular complexity index is 526. The van der Waals surface area contributed by atoms with E-state index in [0.29, 0.717) is 11.5 Å². The molecule has 0 aliphatic rings. The van der Waals surface area contributed by atoms with E-state index in [2.05, 4.69) is 23.8 Å². The monoisotopic (exact) mass is 214 g/mol. The topological polar surface area (TPSA) is 45.8 Å². The zero-order chi connectivity index (χ0) is 11.5. The fraction of sp³-hybridized carbons (Fsp3) is 0.231. The summed E-state index contributed by atoms with van der Waals surface area (Å²) in [6, 6.07) is 8.02. The first-order valence-corrected chi connectivity index (χ1v) is 5.31. The highest BCUT2D eigenvalue weighted by Gasteiger charge is 2.03. The maximum Gasteiger partial charge on any atom is 0.258 e. The Morgan fingerprint density at radius 1 is 1.19 bits per heavy atom. The van der Waals surface area contributed by atoms with Crippen LogP contribution in [0.25, 0.3) is 11.1 Å². The molecule has 3 nitrogen and oxygen atoms in total. The van der Waals surface area contributed by atoms with Crippen LogP contribution in [-0.4, -0.2) is 9.97 Å². The molecule has 0 amide bonds. The number of H-pyrrole nitrogens is 1. The first kappa shape index (κ1) is 10.6. The van der Waals surface area contributed by atoms with Crippen LogP contribution < -0.4 is 5.56 Å².